The first-order valence-corrected chi connectivity index (χ1v) is 6.77. The van der Waals surface area contributed by atoms with Crippen LogP contribution < -0.4 is 4.72 Å². The summed E-state index contributed by atoms with van der Waals surface area (Å²) in [5.74, 6) is 0. The van der Waals surface area contributed by atoms with Crippen LogP contribution in [0.2, 0.25) is 0 Å². The quantitative estimate of drug-likeness (QED) is 0.825. The van der Waals surface area contributed by atoms with Gasteiger partial charge in [0.25, 0.3) is 0 Å². The maximum atomic E-state index is 12.0. The standard InChI is InChI=1S/C12H12N2O2S/c13-9-10-4-3-7-12(8-10)17(15,16)14-11-5-1-2-6-11/h1-4,7-8,11,14H,5-6H2. The summed E-state index contributed by atoms with van der Waals surface area (Å²) in [6, 6.07) is 7.88. The van der Waals surface area contributed by atoms with Gasteiger partial charge in [0, 0.05) is 6.04 Å². The topological polar surface area (TPSA) is 70.0 Å². The van der Waals surface area contributed by atoms with E-state index in [1.54, 1.807) is 12.1 Å². The third-order valence-corrected chi connectivity index (χ3v) is 4.12. The van der Waals surface area contributed by atoms with Crippen molar-refractivity contribution in [1.82, 2.24) is 4.72 Å². The molecule has 0 spiro atoms. The molecule has 0 heterocycles. The van der Waals surface area contributed by atoms with Gasteiger partial charge in [0.05, 0.1) is 16.5 Å². The summed E-state index contributed by atoms with van der Waals surface area (Å²) in [5, 5.41) is 8.74. The van der Waals surface area contributed by atoms with Crippen LogP contribution in [0.15, 0.2) is 41.3 Å². The van der Waals surface area contributed by atoms with Crippen LogP contribution in [0.25, 0.3) is 0 Å². The van der Waals surface area contributed by atoms with E-state index in [4.69, 9.17) is 5.26 Å². The van der Waals surface area contributed by atoms with Crippen molar-refractivity contribution >= 4 is 10.0 Å². The summed E-state index contributed by atoms with van der Waals surface area (Å²) >= 11 is 0. The summed E-state index contributed by atoms with van der Waals surface area (Å²) in [5.41, 5.74) is 0.345. The monoisotopic (exact) mass is 248 g/mol. The molecule has 0 saturated heterocycles. The average molecular weight is 248 g/mol. The van der Waals surface area contributed by atoms with Crippen LogP contribution in [0.3, 0.4) is 0 Å². The molecule has 0 aromatic heterocycles. The molecule has 0 bridgehead atoms. The van der Waals surface area contributed by atoms with Crippen molar-refractivity contribution in [2.24, 2.45) is 0 Å². The van der Waals surface area contributed by atoms with Crippen LogP contribution in [0.1, 0.15) is 18.4 Å². The molecule has 0 amide bonds. The Morgan fingerprint density at radius 1 is 1.29 bits per heavy atom. The third-order valence-electron chi connectivity index (χ3n) is 2.60. The zero-order valence-corrected chi connectivity index (χ0v) is 9.94. The lowest BCUT2D eigenvalue weighted by molar-refractivity contribution is 0.557. The number of hydrogen-bond acceptors (Lipinski definition) is 3. The first-order chi connectivity index (χ1) is 8.12. The molecule has 2 rings (SSSR count). The number of nitrogens with one attached hydrogen (secondary N) is 1. The number of sulfonamides is 1. The summed E-state index contributed by atoms with van der Waals surface area (Å²) in [6.07, 6.45) is 5.35. The first-order valence-electron chi connectivity index (χ1n) is 5.29. The number of benzene rings is 1. The number of nitrogens with zero attached hydrogens (tertiary/aromatic N) is 1. The fraction of sp³-hybridized carbons (Fsp3) is 0.250. The lowest BCUT2D eigenvalue weighted by atomic mass is 10.2. The van der Waals surface area contributed by atoms with E-state index >= 15 is 0 Å². The second kappa shape index (κ2) is 4.70. The van der Waals surface area contributed by atoms with Crippen LogP contribution in [-0.2, 0) is 10.0 Å². The lowest BCUT2D eigenvalue weighted by Gasteiger charge is -2.12. The second-order valence-corrected chi connectivity index (χ2v) is 5.61. The van der Waals surface area contributed by atoms with E-state index in [0.717, 1.165) is 12.8 Å². The Labute approximate surface area is 101 Å². The molecule has 5 heteroatoms. The number of hydrogen-bond donors (Lipinski definition) is 1. The highest BCUT2D eigenvalue weighted by atomic mass is 32.2. The molecule has 4 nitrogen and oxygen atoms in total. The fourth-order valence-corrected chi connectivity index (χ4v) is 3.04. The summed E-state index contributed by atoms with van der Waals surface area (Å²) in [4.78, 5) is 0.142. The van der Waals surface area contributed by atoms with E-state index < -0.39 is 10.0 Å². The van der Waals surface area contributed by atoms with E-state index in [0.29, 0.717) is 5.56 Å². The minimum absolute atomic E-state index is 0.0641. The van der Waals surface area contributed by atoms with Gasteiger partial charge in [0.15, 0.2) is 0 Å². The molecule has 88 valence electrons. The smallest absolute Gasteiger partial charge is 0.207 e. The van der Waals surface area contributed by atoms with Gasteiger partial charge < -0.3 is 0 Å². The Bertz CT molecular complexity index is 577. The molecule has 1 aromatic carbocycles. The van der Waals surface area contributed by atoms with Gasteiger partial charge in [0.1, 0.15) is 0 Å². The molecular weight excluding hydrogens is 236 g/mol. The zero-order chi connectivity index (χ0) is 12.3. The van der Waals surface area contributed by atoms with Gasteiger partial charge in [-0.05, 0) is 31.0 Å². The molecule has 1 aromatic rings. The van der Waals surface area contributed by atoms with Crippen molar-refractivity contribution in [2.75, 3.05) is 0 Å². The van der Waals surface area contributed by atoms with E-state index in [-0.39, 0.29) is 10.9 Å². The Morgan fingerprint density at radius 2 is 2.00 bits per heavy atom. The van der Waals surface area contributed by atoms with Crippen LogP contribution in [0.5, 0.6) is 0 Å². The normalized spacial score (nSPS) is 15.9. The summed E-state index contributed by atoms with van der Waals surface area (Å²) in [7, 11) is -3.52. The van der Waals surface area contributed by atoms with Gasteiger partial charge in [-0.3, -0.25) is 0 Å². The van der Waals surface area contributed by atoms with Gasteiger partial charge in [-0.15, -0.1) is 0 Å². The van der Waals surface area contributed by atoms with Gasteiger partial charge in [-0.1, -0.05) is 18.2 Å². The average Bonchev–Trinajstić information content (AvgIpc) is 2.81. The van der Waals surface area contributed by atoms with Crippen LogP contribution in [-0.4, -0.2) is 14.5 Å². The highest BCUT2D eigenvalue weighted by molar-refractivity contribution is 7.89. The molecule has 0 fully saturated rings. The lowest BCUT2D eigenvalue weighted by Crippen LogP contribution is -2.32. The highest BCUT2D eigenvalue weighted by Crippen LogP contribution is 2.15. The van der Waals surface area contributed by atoms with Gasteiger partial charge in [0.2, 0.25) is 10.0 Å². The molecule has 1 aliphatic carbocycles. The Balaban J connectivity index is 2.22. The van der Waals surface area contributed by atoms with E-state index in [9.17, 15) is 8.42 Å². The Kier molecular flexibility index (Phi) is 3.27. The van der Waals surface area contributed by atoms with Gasteiger partial charge in [-0.2, -0.15) is 5.26 Å². The number of rotatable bonds is 3. The van der Waals surface area contributed by atoms with Crippen LogP contribution in [0, 0.1) is 11.3 Å². The highest BCUT2D eigenvalue weighted by Gasteiger charge is 2.20. The molecule has 1 N–H and O–H groups in total. The van der Waals surface area contributed by atoms with Crippen molar-refractivity contribution in [3.05, 3.63) is 42.0 Å². The zero-order valence-electron chi connectivity index (χ0n) is 9.13. The molecular formula is C12H12N2O2S. The van der Waals surface area contributed by atoms with Crippen molar-refractivity contribution in [3.63, 3.8) is 0 Å². The summed E-state index contributed by atoms with van der Waals surface area (Å²) < 4.78 is 26.6. The fourth-order valence-electron chi connectivity index (χ4n) is 1.73. The first kappa shape index (κ1) is 11.8. The van der Waals surface area contributed by atoms with E-state index in [2.05, 4.69) is 4.72 Å². The minimum Gasteiger partial charge on any atom is -0.207 e. The van der Waals surface area contributed by atoms with Gasteiger partial charge >= 0.3 is 0 Å². The molecule has 17 heavy (non-hydrogen) atoms. The number of nitriles is 1. The van der Waals surface area contributed by atoms with Crippen molar-refractivity contribution < 1.29 is 8.42 Å². The Hall–Kier alpha value is -1.64. The maximum Gasteiger partial charge on any atom is 0.240 e. The second-order valence-electron chi connectivity index (χ2n) is 3.90. The van der Waals surface area contributed by atoms with Crippen LogP contribution in [0.4, 0.5) is 0 Å². The largest absolute Gasteiger partial charge is 0.240 e. The van der Waals surface area contributed by atoms with E-state index in [1.807, 2.05) is 18.2 Å². The minimum atomic E-state index is -3.52. The third kappa shape index (κ3) is 2.73. The SMILES string of the molecule is N#Cc1cccc(S(=O)(=O)NC2CC=CC2)c1. The molecule has 1 aliphatic rings. The molecule has 0 radical (unpaired) electrons. The molecule has 0 unspecified atom stereocenters. The van der Waals surface area contributed by atoms with Crippen molar-refractivity contribution in [3.8, 4) is 6.07 Å². The predicted octanol–water partition coefficient (Wildman–Crippen LogP) is 1.56. The summed E-state index contributed by atoms with van der Waals surface area (Å²) in [6.45, 7) is 0. The molecule has 0 atom stereocenters. The Morgan fingerprint density at radius 3 is 2.65 bits per heavy atom. The van der Waals surface area contributed by atoms with Crippen molar-refractivity contribution in [1.29, 1.82) is 5.26 Å². The van der Waals surface area contributed by atoms with E-state index in [1.165, 1.54) is 12.1 Å². The maximum absolute atomic E-state index is 12.0. The van der Waals surface area contributed by atoms with Crippen molar-refractivity contribution in [2.45, 2.75) is 23.8 Å². The predicted molar refractivity (Wildman–Crippen MR) is 63.6 cm³/mol. The van der Waals surface area contributed by atoms with Crippen LogP contribution >= 0.6 is 0 Å². The molecule has 0 aliphatic heterocycles. The van der Waals surface area contributed by atoms with Gasteiger partial charge in [-0.25, -0.2) is 13.1 Å². The molecule has 0 saturated carbocycles.